The first kappa shape index (κ1) is 14.4. The minimum Gasteiger partial charge on any atom is -0.459 e. The van der Waals surface area contributed by atoms with Gasteiger partial charge in [-0.25, -0.2) is 9.59 Å². The van der Waals surface area contributed by atoms with Crippen molar-refractivity contribution in [1.82, 2.24) is 0 Å². The van der Waals surface area contributed by atoms with E-state index >= 15 is 0 Å². The molecule has 1 aromatic carbocycles. The molecule has 100 valence electrons. The van der Waals surface area contributed by atoms with Crippen molar-refractivity contribution >= 4 is 17.6 Å². The number of carbonyl (C=O) groups is 2. The number of nitrogens with zero attached hydrogens (tertiary/aromatic N) is 1. The summed E-state index contributed by atoms with van der Waals surface area (Å²) in [5, 5.41) is 10.4. The van der Waals surface area contributed by atoms with Crippen molar-refractivity contribution in [2.24, 2.45) is 0 Å². The summed E-state index contributed by atoms with van der Waals surface area (Å²) in [5.74, 6) is -1.25. The Hall–Kier alpha value is -2.70. The summed E-state index contributed by atoms with van der Waals surface area (Å²) in [6.45, 7) is 3.03. The highest BCUT2D eigenvalue weighted by Crippen LogP contribution is 2.12. The highest BCUT2D eigenvalue weighted by molar-refractivity contribution is 5.89. The van der Waals surface area contributed by atoms with Crippen LogP contribution in [0.1, 0.15) is 10.4 Å². The quantitative estimate of drug-likeness (QED) is 0.254. The molecule has 0 amide bonds. The van der Waals surface area contributed by atoms with Gasteiger partial charge < -0.3 is 9.47 Å². The zero-order valence-electron chi connectivity index (χ0n) is 9.90. The molecule has 7 heteroatoms. The van der Waals surface area contributed by atoms with Gasteiger partial charge in [0.15, 0.2) is 0 Å². The maximum Gasteiger partial charge on any atom is 0.338 e. The molecule has 1 rings (SSSR count). The lowest BCUT2D eigenvalue weighted by molar-refractivity contribution is -0.384. The fourth-order valence-corrected chi connectivity index (χ4v) is 1.14. The molecular formula is C12H11NO6. The Balaban J connectivity index is 2.43. The van der Waals surface area contributed by atoms with E-state index in [0.717, 1.165) is 6.08 Å². The van der Waals surface area contributed by atoms with E-state index in [1.165, 1.54) is 24.3 Å². The van der Waals surface area contributed by atoms with Gasteiger partial charge in [0.25, 0.3) is 5.69 Å². The summed E-state index contributed by atoms with van der Waals surface area (Å²) in [7, 11) is 0. The van der Waals surface area contributed by atoms with Gasteiger partial charge in [-0.05, 0) is 12.1 Å². The third-order valence-corrected chi connectivity index (χ3v) is 2.04. The zero-order chi connectivity index (χ0) is 14.3. The number of benzene rings is 1. The summed E-state index contributed by atoms with van der Waals surface area (Å²) in [5.41, 5.74) is 0.0668. The SMILES string of the molecule is C=CC(=O)OCCOC(=O)c1ccc([N+](=O)[O-])cc1. The molecule has 0 aliphatic heterocycles. The lowest BCUT2D eigenvalue weighted by atomic mass is 10.2. The molecule has 0 heterocycles. The van der Waals surface area contributed by atoms with E-state index in [-0.39, 0.29) is 24.5 Å². The van der Waals surface area contributed by atoms with Crippen LogP contribution in [0.25, 0.3) is 0 Å². The van der Waals surface area contributed by atoms with Gasteiger partial charge in [0, 0.05) is 18.2 Å². The number of hydrogen-bond acceptors (Lipinski definition) is 6. The van der Waals surface area contributed by atoms with E-state index in [2.05, 4.69) is 11.3 Å². The van der Waals surface area contributed by atoms with Gasteiger partial charge in [-0.2, -0.15) is 0 Å². The van der Waals surface area contributed by atoms with E-state index < -0.39 is 16.9 Å². The van der Waals surface area contributed by atoms with Crippen LogP contribution in [0.4, 0.5) is 5.69 Å². The summed E-state index contributed by atoms with van der Waals surface area (Å²) in [4.78, 5) is 32.0. The van der Waals surface area contributed by atoms with E-state index in [1.54, 1.807) is 0 Å². The number of nitro groups is 1. The van der Waals surface area contributed by atoms with E-state index in [9.17, 15) is 19.7 Å². The van der Waals surface area contributed by atoms with Crippen LogP contribution < -0.4 is 0 Å². The van der Waals surface area contributed by atoms with Gasteiger partial charge >= 0.3 is 11.9 Å². The predicted octanol–water partition coefficient (Wildman–Crippen LogP) is 1.48. The normalized spacial score (nSPS) is 9.47. The molecule has 0 N–H and O–H groups in total. The van der Waals surface area contributed by atoms with Gasteiger partial charge in [0.1, 0.15) is 13.2 Å². The standard InChI is InChI=1S/C12H11NO6/c1-2-11(14)18-7-8-19-12(15)9-3-5-10(6-4-9)13(16)17/h2-6H,1,7-8H2. The number of non-ortho nitro benzene ring substituents is 1. The third kappa shape index (κ3) is 4.58. The van der Waals surface area contributed by atoms with E-state index in [1.807, 2.05) is 0 Å². The molecule has 19 heavy (non-hydrogen) atoms. The highest BCUT2D eigenvalue weighted by atomic mass is 16.6. The third-order valence-electron chi connectivity index (χ3n) is 2.04. The molecule has 0 saturated carbocycles. The van der Waals surface area contributed by atoms with Crippen molar-refractivity contribution in [2.45, 2.75) is 0 Å². The van der Waals surface area contributed by atoms with Crippen LogP contribution in [0.5, 0.6) is 0 Å². The largest absolute Gasteiger partial charge is 0.459 e. The molecule has 0 aliphatic carbocycles. The molecule has 0 unspecified atom stereocenters. The van der Waals surface area contributed by atoms with Gasteiger partial charge in [0.05, 0.1) is 10.5 Å². The van der Waals surface area contributed by atoms with E-state index in [4.69, 9.17) is 4.74 Å². The molecule has 0 aliphatic rings. The van der Waals surface area contributed by atoms with Crippen molar-refractivity contribution in [3.05, 3.63) is 52.6 Å². The molecule has 0 spiro atoms. The lowest BCUT2D eigenvalue weighted by Crippen LogP contribution is -2.12. The second-order valence-electron chi connectivity index (χ2n) is 3.31. The van der Waals surface area contributed by atoms with Crippen LogP contribution in [0.3, 0.4) is 0 Å². The topological polar surface area (TPSA) is 95.7 Å². The summed E-state index contributed by atoms with van der Waals surface area (Å²) in [6.07, 6.45) is 0.998. The molecule has 0 radical (unpaired) electrons. The molecule has 0 atom stereocenters. The lowest BCUT2D eigenvalue weighted by Gasteiger charge is -2.04. The second kappa shape index (κ2) is 6.90. The van der Waals surface area contributed by atoms with Crippen LogP contribution in [0.2, 0.25) is 0 Å². The maximum absolute atomic E-state index is 11.5. The van der Waals surface area contributed by atoms with Gasteiger partial charge in [-0.3, -0.25) is 10.1 Å². The number of esters is 2. The molecule has 0 fully saturated rings. The molecular weight excluding hydrogens is 254 g/mol. The van der Waals surface area contributed by atoms with Crippen LogP contribution in [-0.4, -0.2) is 30.1 Å². The van der Waals surface area contributed by atoms with Crippen molar-refractivity contribution in [1.29, 1.82) is 0 Å². The van der Waals surface area contributed by atoms with Crippen molar-refractivity contribution < 1.29 is 24.0 Å². The Morgan fingerprint density at radius 3 is 2.32 bits per heavy atom. The number of ether oxygens (including phenoxy) is 2. The molecule has 0 bridgehead atoms. The Kier molecular flexibility index (Phi) is 5.21. The van der Waals surface area contributed by atoms with Crippen LogP contribution in [-0.2, 0) is 14.3 Å². The summed E-state index contributed by atoms with van der Waals surface area (Å²) >= 11 is 0. The molecule has 0 saturated heterocycles. The predicted molar refractivity (Wildman–Crippen MR) is 64.5 cm³/mol. The second-order valence-corrected chi connectivity index (χ2v) is 3.31. The average Bonchev–Trinajstić information content (AvgIpc) is 2.43. The smallest absolute Gasteiger partial charge is 0.338 e. The average molecular weight is 265 g/mol. The Morgan fingerprint density at radius 1 is 1.21 bits per heavy atom. The van der Waals surface area contributed by atoms with Crippen molar-refractivity contribution in [3.63, 3.8) is 0 Å². The minimum absolute atomic E-state index is 0.0798. The summed E-state index contributed by atoms with van der Waals surface area (Å²) in [6, 6.07) is 4.98. The first-order valence-corrected chi connectivity index (χ1v) is 5.25. The minimum atomic E-state index is -0.649. The van der Waals surface area contributed by atoms with Crippen molar-refractivity contribution in [3.8, 4) is 0 Å². The van der Waals surface area contributed by atoms with Crippen LogP contribution in [0, 0.1) is 10.1 Å². The Bertz CT molecular complexity index is 493. The molecule has 1 aromatic rings. The maximum atomic E-state index is 11.5. The molecule has 7 nitrogen and oxygen atoms in total. The zero-order valence-corrected chi connectivity index (χ0v) is 9.90. The fraction of sp³-hybridized carbons (Fsp3) is 0.167. The van der Waals surface area contributed by atoms with Crippen LogP contribution in [0.15, 0.2) is 36.9 Å². The monoisotopic (exact) mass is 265 g/mol. The van der Waals surface area contributed by atoms with E-state index in [0.29, 0.717) is 0 Å². The number of carbonyl (C=O) groups excluding carboxylic acids is 2. The number of rotatable bonds is 6. The van der Waals surface area contributed by atoms with Gasteiger partial charge in [-0.15, -0.1) is 0 Å². The highest BCUT2D eigenvalue weighted by Gasteiger charge is 2.10. The van der Waals surface area contributed by atoms with Gasteiger partial charge in [0.2, 0.25) is 0 Å². The van der Waals surface area contributed by atoms with Gasteiger partial charge in [-0.1, -0.05) is 6.58 Å². The number of nitro benzene ring substituents is 1. The Morgan fingerprint density at radius 2 is 1.79 bits per heavy atom. The number of hydrogen-bond donors (Lipinski definition) is 0. The van der Waals surface area contributed by atoms with Crippen LogP contribution >= 0.6 is 0 Å². The first-order valence-electron chi connectivity index (χ1n) is 5.25. The molecule has 0 aromatic heterocycles. The first-order chi connectivity index (χ1) is 9.04. The summed E-state index contributed by atoms with van der Waals surface area (Å²) < 4.78 is 9.41. The van der Waals surface area contributed by atoms with Crippen molar-refractivity contribution in [2.75, 3.05) is 13.2 Å². The fourth-order valence-electron chi connectivity index (χ4n) is 1.14. The Labute approximate surface area is 108 Å².